The second-order valence-corrected chi connectivity index (χ2v) is 6.17. The highest BCUT2D eigenvalue weighted by molar-refractivity contribution is 7.99. The molecule has 2 rings (SSSR count). The molecule has 1 saturated carbocycles. The first-order valence-corrected chi connectivity index (χ1v) is 7.58. The third kappa shape index (κ3) is 3.11. The Morgan fingerprint density at radius 1 is 1.33 bits per heavy atom. The van der Waals surface area contributed by atoms with Crippen LogP contribution >= 0.6 is 11.8 Å². The van der Waals surface area contributed by atoms with E-state index in [1.54, 1.807) is 0 Å². The van der Waals surface area contributed by atoms with Gasteiger partial charge >= 0.3 is 0 Å². The molecule has 88 valence electrons. The molecular formula is C12H24N2S. The lowest BCUT2D eigenvalue weighted by atomic mass is 10.2. The van der Waals surface area contributed by atoms with Crippen molar-refractivity contribution in [3.05, 3.63) is 0 Å². The zero-order valence-electron chi connectivity index (χ0n) is 10.0. The molecule has 0 amide bonds. The van der Waals surface area contributed by atoms with Gasteiger partial charge in [-0.15, -0.1) is 0 Å². The van der Waals surface area contributed by atoms with Gasteiger partial charge in [-0.05, 0) is 52.0 Å². The number of thioether (sulfide) groups is 1. The molecular weight excluding hydrogens is 204 g/mol. The van der Waals surface area contributed by atoms with Crippen LogP contribution in [0.15, 0.2) is 0 Å². The van der Waals surface area contributed by atoms with Crippen LogP contribution in [0.2, 0.25) is 0 Å². The predicted octanol–water partition coefficient (Wildman–Crippen LogP) is 1.95. The molecule has 0 aromatic rings. The molecule has 1 heterocycles. The first-order chi connectivity index (χ1) is 7.29. The average molecular weight is 228 g/mol. The van der Waals surface area contributed by atoms with E-state index in [2.05, 4.69) is 35.2 Å². The van der Waals surface area contributed by atoms with Crippen LogP contribution in [-0.2, 0) is 0 Å². The molecule has 1 saturated heterocycles. The van der Waals surface area contributed by atoms with Crippen LogP contribution in [0, 0.1) is 0 Å². The Balaban J connectivity index is 1.86. The Kier molecular flexibility index (Phi) is 4.35. The highest BCUT2D eigenvalue weighted by Gasteiger charge is 2.29. The summed E-state index contributed by atoms with van der Waals surface area (Å²) >= 11 is 2.06. The number of hydrogen-bond acceptors (Lipinski definition) is 3. The van der Waals surface area contributed by atoms with Gasteiger partial charge in [0.1, 0.15) is 0 Å². The van der Waals surface area contributed by atoms with Crippen molar-refractivity contribution < 1.29 is 0 Å². The van der Waals surface area contributed by atoms with E-state index in [1.807, 2.05) is 0 Å². The Labute approximate surface area is 98.2 Å². The maximum Gasteiger partial charge on any atom is 0.0166 e. The summed E-state index contributed by atoms with van der Waals surface area (Å²) in [5, 5.41) is 4.51. The number of nitrogens with zero attached hydrogens (tertiary/aromatic N) is 1. The van der Waals surface area contributed by atoms with Gasteiger partial charge in [-0.1, -0.05) is 0 Å². The highest BCUT2D eigenvalue weighted by Crippen LogP contribution is 2.31. The molecule has 3 unspecified atom stereocenters. The van der Waals surface area contributed by atoms with Gasteiger partial charge in [0.05, 0.1) is 0 Å². The van der Waals surface area contributed by atoms with E-state index >= 15 is 0 Å². The lowest BCUT2D eigenvalue weighted by Crippen LogP contribution is -2.40. The fourth-order valence-electron chi connectivity index (χ4n) is 2.93. The van der Waals surface area contributed by atoms with Gasteiger partial charge in [-0.3, -0.25) is 4.90 Å². The lowest BCUT2D eigenvalue weighted by Gasteiger charge is -2.28. The number of nitrogens with one attached hydrogen (secondary N) is 1. The summed E-state index contributed by atoms with van der Waals surface area (Å²) in [5.74, 6) is 0. The van der Waals surface area contributed by atoms with Crippen LogP contribution in [0.1, 0.15) is 32.6 Å². The summed E-state index contributed by atoms with van der Waals surface area (Å²) in [6.07, 6.45) is 7.88. The summed E-state index contributed by atoms with van der Waals surface area (Å²) in [4.78, 5) is 2.74. The van der Waals surface area contributed by atoms with Crippen molar-refractivity contribution in [2.24, 2.45) is 0 Å². The van der Waals surface area contributed by atoms with E-state index in [9.17, 15) is 0 Å². The molecule has 3 atom stereocenters. The van der Waals surface area contributed by atoms with Crippen molar-refractivity contribution in [2.45, 2.75) is 49.9 Å². The minimum absolute atomic E-state index is 0.681. The van der Waals surface area contributed by atoms with Gasteiger partial charge in [0, 0.05) is 23.9 Å². The first-order valence-electron chi connectivity index (χ1n) is 6.30. The summed E-state index contributed by atoms with van der Waals surface area (Å²) in [7, 11) is 0. The van der Waals surface area contributed by atoms with Gasteiger partial charge in [0.2, 0.25) is 0 Å². The molecule has 3 heteroatoms. The van der Waals surface area contributed by atoms with Gasteiger partial charge < -0.3 is 5.32 Å². The molecule has 0 spiro atoms. The van der Waals surface area contributed by atoms with Crippen molar-refractivity contribution in [1.29, 1.82) is 0 Å². The van der Waals surface area contributed by atoms with E-state index in [0.29, 0.717) is 6.04 Å². The quantitative estimate of drug-likeness (QED) is 0.778. The standard InChI is InChI=1S/C12H24N2S/c1-10-9-14(7-3-6-13-10)11-4-5-12(8-11)15-2/h10-13H,3-9H2,1-2H3. The molecule has 15 heavy (non-hydrogen) atoms. The molecule has 2 aliphatic rings. The highest BCUT2D eigenvalue weighted by atomic mass is 32.2. The Morgan fingerprint density at radius 2 is 2.20 bits per heavy atom. The SMILES string of the molecule is CSC1CCC(N2CCCNC(C)C2)C1. The minimum Gasteiger partial charge on any atom is -0.313 e. The van der Waals surface area contributed by atoms with Crippen molar-refractivity contribution >= 4 is 11.8 Å². The molecule has 1 aliphatic carbocycles. The van der Waals surface area contributed by atoms with Crippen LogP contribution in [0.3, 0.4) is 0 Å². The van der Waals surface area contributed by atoms with Crippen LogP contribution in [0.4, 0.5) is 0 Å². The molecule has 1 aliphatic heterocycles. The Morgan fingerprint density at radius 3 is 2.93 bits per heavy atom. The summed E-state index contributed by atoms with van der Waals surface area (Å²) in [5.41, 5.74) is 0. The van der Waals surface area contributed by atoms with E-state index < -0.39 is 0 Å². The van der Waals surface area contributed by atoms with Crippen LogP contribution in [0.25, 0.3) is 0 Å². The fourth-order valence-corrected chi connectivity index (χ4v) is 3.72. The molecule has 0 radical (unpaired) electrons. The predicted molar refractivity (Wildman–Crippen MR) is 68.6 cm³/mol. The van der Waals surface area contributed by atoms with Gasteiger partial charge in [-0.25, -0.2) is 0 Å². The van der Waals surface area contributed by atoms with Crippen LogP contribution in [0.5, 0.6) is 0 Å². The number of hydrogen-bond donors (Lipinski definition) is 1. The number of rotatable bonds is 2. The molecule has 1 N–H and O–H groups in total. The lowest BCUT2D eigenvalue weighted by molar-refractivity contribution is 0.198. The second kappa shape index (κ2) is 5.55. The monoisotopic (exact) mass is 228 g/mol. The second-order valence-electron chi connectivity index (χ2n) is 5.03. The van der Waals surface area contributed by atoms with Crippen LogP contribution in [-0.4, -0.2) is 48.1 Å². The smallest absolute Gasteiger partial charge is 0.0166 e. The largest absolute Gasteiger partial charge is 0.313 e. The maximum absolute atomic E-state index is 3.58. The van der Waals surface area contributed by atoms with Gasteiger partial charge in [0.15, 0.2) is 0 Å². The zero-order chi connectivity index (χ0) is 10.7. The first kappa shape index (κ1) is 11.7. The zero-order valence-corrected chi connectivity index (χ0v) is 10.9. The third-order valence-electron chi connectivity index (χ3n) is 3.83. The fraction of sp³-hybridized carbons (Fsp3) is 1.00. The average Bonchev–Trinajstić information content (AvgIpc) is 2.61. The van der Waals surface area contributed by atoms with E-state index in [0.717, 1.165) is 11.3 Å². The van der Waals surface area contributed by atoms with Crippen molar-refractivity contribution in [1.82, 2.24) is 10.2 Å². The minimum atomic E-state index is 0.681. The molecule has 2 nitrogen and oxygen atoms in total. The van der Waals surface area contributed by atoms with Gasteiger partial charge in [0.25, 0.3) is 0 Å². The van der Waals surface area contributed by atoms with E-state index in [4.69, 9.17) is 0 Å². The molecule has 0 aromatic heterocycles. The molecule has 0 bridgehead atoms. The summed E-state index contributed by atoms with van der Waals surface area (Å²) in [6, 6.07) is 1.56. The van der Waals surface area contributed by atoms with Crippen molar-refractivity contribution in [3.63, 3.8) is 0 Å². The Bertz CT molecular complexity index is 198. The van der Waals surface area contributed by atoms with Crippen molar-refractivity contribution in [3.8, 4) is 0 Å². The molecule has 2 fully saturated rings. The topological polar surface area (TPSA) is 15.3 Å². The molecule has 0 aromatic carbocycles. The van der Waals surface area contributed by atoms with E-state index in [1.165, 1.54) is 45.3 Å². The summed E-state index contributed by atoms with van der Waals surface area (Å²) in [6.45, 7) is 6.09. The summed E-state index contributed by atoms with van der Waals surface area (Å²) < 4.78 is 0. The normalized spacial score (nSPS) is 39.2. The van der Waals surface area contributed by atoms with Crippen LogP contribution < -0.4 is 5.32 Å². The Hall–Kier alpha value is 0.270. The third-order valence-corrected chi connectivity index (χ3v) is 4.92. The van der Waals surface area contributed by atoms with Gasteiger partial charge in [-0.2, -0.15) is 11.8 Å². The van der Waals surface area contributed by atoms with E-state index in [-0.39, 0.29) is 0 Å². The van der Waals surface area contributed by atoms with Crippen molar-refractivity contribution in [2.75, 3.05) is 25.9 Å². The maximum atomic E-state index is 3.58.